The van der Waals surface area contributed by atoms with Gasteiger partial charge in [-0.3, -0.25) is 14.4 Å². The molecule has 5 rings (SSSR count). The Bertz CT molecular complexity index is 1010. The summed E-state index contributed by atoms with van der Waals surface area (Å²) >= 11 is 0. The lowest BCUT2D eigenvalue weighted by atomic mass is 9.85. The van der Waals surface area contributed by atoms with Crippen LogP contribution in [0.4, 0.5) is 5.69 Å². The number of imide groups is 1. The van der Waals surface area contributed by atoms with Gasteiger partial charge < -0.3 is 9.64 Å². The van der Waals surface area contributed by atoms with Crippen LogP contribution in [0.3, 0.4) is 0 Å². The second-order valence-corrected chi connectivity index (χ2v) is 8.54. The summed E-state index contributed by atoms with van der Waals surface area (Å²) in [5.74, 6) is -0.762. The van der Waals surface area contributed by atoms with Gasteiger partial charge in [-0.15, -0.1) is 0 Å². The molecule has 0 aliphatic carbocycles. The molecule has 6 nitrogen and oxygen atoms in total. The van der Waals surface area contributed by atoms with Gasteiger partial charge in [-0.05, 0) is 43.3 Å². The lowest BCUT2D eigenvalue weighted by Gasteiger charge is -2.25. The van der Waals surface area contributed by atoms with E-state index in [1.807, 2.05) is 31.2 Å². The van der Waals surface area contributed by atoms with Crippen molar-refractivity contribution in [1.29, 1.82) is 0 Å². The molecular weight excluding hydrogens is 380 g/mol. The number of rotatable bonds is 4. The number of fused-ring (bicyclic) bond motifs is 3. The fraction of sp³-hybridized carbons (Fsp3) is 0.375. The number of nitrogens with one attached hydrogen (secondary N) is 1. The fourth-order valence-corrected chi connectivity index (χ4v) is 5.62. The number of nitrogens with zero attached hydrogens (tertiary/aromatic N) is 1. The molecule has 2 aromatic carbocycles. The van der Waals surface area contributed by atoms with Crippen LogP contribution in [0.25, 0.3) is 0 Å². The summed E-state index contributed by atoms with van der Waals surface area (Å²) < 4.78 is 5.19. The Kier molecular flexibility index (Phi) is 4.47. The van der Waals surface area contributed by atoms with Crippen molar-refractivity contribution in [2.24, 2.45) is 11.8 Å². The van der Waals surface area contributed by atoms with Gasteiger partial charge in [0.25, 0.3) is 0 Å². The summed E-state index contributed by atoms with van der Waals surface area (Å²) in [6, 6.07) is 14.0. The van der Waals surface area contributed by atoms with Gasteiger partial charge in [0.2, 0.25) is 17.6 Å². The monoisotopic (exact) mass is 405 g/mol. The van der Waals surface area contributed by atoms with Crippen LogP contribution in [0.15, 0.2) is 48.5 Å². The van der Waals surface area contributed by atoms with Crippen molar-refractivity contribution in [3.63, 3.8) is 0 Å². The number of carbonyl (C=O) groups is 3. The smallest absolute Gasteiger partial charge is 0.244 e. The number of amides is 2. The van der Waals surface area contributed by atoms with Gasteiger partial charge in [0.05, 0.1) is 19.3 Å². The average Bonchev–Trinajstić information content (AvgIpc) is 3.41. The minimum Gasteiger partial charge on any atom is -0.497 e. The van der Waals surface area contributed by atoms with Gasteiger partial charge in [-0.2, -0.15) is 0 Å². The molecule has 3 saturated heterocycles. The molecule has 6 heteroatoms. The average molecular weight is 405 g/mol. The first kappa shape index (κ1) is 19.0. The molecule has 1 N–H and O–H groups in total. The van der Waals surface area contributed by atoms with E-state index in [9.17, 15) is 14.4 Å². The number of hydrogen-bond donors (Lipinski definition) is 1. The Hall–Kier alpha value is -2.99. The second kappa shape index (κ2) is 7.06. The minimum absolute atomic E-state index is 0.0362. The van der Waals surface area contributed by atoms with Crippen LogP contribution in [-0.4, -0.2) is 43.3 Å². The molecule has 154 valence electrons. The molecule has 3 heterocycles. The Balaban J connectivity index is 1.52. The molecule has 2 amide bonds. The first-order chi connectivity index (χ1) is 14.5. The van der Waals surface area contributed by atoms with Crippen molar-refractivity contribution in [2.45, 2.75) is 31.8 Å². The van der Waals surface area contributed by atoms with Crippen molar-refractivity contribution in [1.82, 2.24) is 0 Å². The van der Waals surface area contributed by atoms with E-state index in [0.29, 0.717) is 17.0 Å². The number of benzene rings is 2. The lowest BCUT2D eigenvalue weighted by Crippen LogP contribution is -3.16. The maximum atomic E-state index is 13.5. The van der Waals surface area contributed by atoms with E-state index in [1.54, 1.807) is 31.4 Å². The quantitative estimate of drug-likeness (QED) is 0.617. The van der Waals surface area contributed by atoms with Crippen LogP contribution in [0, 0.1) is 18.8 Å². The van der Waals surface area contributed by atoms with Crippen LogP contribution in [0.5, 0.6) is 5.75 Å². The predicted octanol–water partition coefficient (Wildman–Crippen LogP) is 1.42. The van der Waals surface area contributed by atoms with E-state index >= 15 is 0 Å². The van der Waals surface area contributed by atoms with Crippen LogP contribution in [0.1, 0.15) is 28.8 Å². The highest BCUT2D eigenvalue weighted by Crippen LogP contribution is 2.40. The van der Waals surface area contributed by atoms with Crippen LogP contribution < -0.4 is 14.5 Å². The maximum absolute atomic E-state index is 13.5. The molecule has 0 bridgehead atoms. The largest absolute Gasteiger partial charge is 0.497 e. The third-order valence-electron chi connectivity index (χ3n) is 7.00. The van der Waals surface area contributed by atoms with Gasteiger partial charge in [0.1, 0.15) is 23.6 Å². The Morgan fingerprint density at radius 1 is 1.00 bits per heavy atom. The zero-order valence-electron chi connectivity index (χ0n) is 17.1. The van der Waals surface area contributed by atoms with Crippen molar-refractivity contribution in [3.8, 4) is 5.75 Å². The Morgan fingerprint density at radius 2 is 1.67 bits per heavy atom. The first-order valence-electron chi connectivity index (χ1n) is 10.5. The summed E-state index contributed by atoms with van der Waals surface area (Å²) in [7, 11) is 1.58. The zero-order valence-corrected chi connectivity index (χ0v) is 17.1. The summed E-state index contributed by atoms with van der Waals surface area (Å²) in [6.45, 7) is 2.80. The zero-order chi connectivity index (χ0) is 21.0. The SMILES string of the molecule is COc1ccc(C(=O)[C@@H]2[C@@H]3C(=O)N(c4ccc(C)cc4)C(=O)[C@@H]3[C@H]3CCC[NH+]32)cc1. The topological polar surface area (TPSA) is 68.1 Å². The molecule has 3 aliphatic rings. The summed E-state index contributed by atoms with van der Waals surface area (Å²) in [6.07, 6.45) is 1.85. The molecule has 3 fully saturated rings. The molecule has 0 aromatic heterocycles. The molecular formula is C24H25N2O4+. The molecule has 0 saturated carbocycles. The Morgan fingerprint density at radius 3 is 2.33 bits per heavy atom. The predicted molar refractivity (Wildman–Crippen MR) is 111 cm³/mol. The van der Waals surface area contributed by atoms with Gasteiger partial charge in [-0.25, -0.2) is 4.90 Å². The Labute approximate surface area is 175 Å². The number of methoxy groups -OCH3 is 1. The van der Waals surface area contributed by atoms with Crippen molar-refractivity contribution in [3.05, 3.63) is 59.7 Å². The number of hydrogen-bond acceptors (Lipinski definition) is 4. The van der Waals surface area contributed by atoms with Gasteiger partial charge >= 0.3 is 0 Å². The molecule has 0 radical (unpaired) electrons. The minimum atomic E-state index is -0.589. The van der Waals surface area contributed by atoms with Crippen LogP contribution in [0.2, 0.25) is 0 Å². The highest BCUT2D eigenvalue weighted by molar-refractivity contribution is 6.24. The number of ketones is 1. The highest BCUT2D eigenvalue weighted by Gasteiger charge is 2.68. The normalized spacial score (nSPS) is 29.8. The third-order valence-corrected chi connectivity index (χ3v) is 7.00. The van der Waals surface area contributed by atoms with Gasteiger partial charge in [0, 0.05) is 18.4 Å². The number of carbonyl (C=O) groups excluding carboxylic acids is 3. The number of aryl methyl sites for hydroxylation is 1. The number of Topliss-reactive ketones (excluding diaryl/α,β-unsaturated/α-hetero) is 1. The van der Waals surface area contributed by atoms with Crippen molar-refractivity contribution >= 4 is 23.3 Å². The summed E-state index contributed by atoms with van der Waals surface area (Å²) in [5, 5.41) is 0. The second-order valence-electron chi connectivity index (χ2n) is 8.54. The number of ether oxygens (including phenoxy) is 1. The van der Waals surface area contributed by atoms with E-state index in [4.69, 9.17) is 4.74 Å². The maximum Gasteiger partial charge on any atom is 0.244 e. The van der Waals surface area contributed by atoms with E-state index in [0.717, 1.165) is 29.8 Å². The molecule has 1 unspecified atom stereocenters. The number of anilines is 1. The van der Waals surface area contributed by atoms with Crippen LogP contribution in [-0.2, 0) is 9.59 Å². The molecule has 3 aliphatic heterocycles. The van der Waals surface area contributed by atoms with Crippen molar-refractivity contribution < 1.29 is 24.0 Å². The summed E-state index contributed by atoms with van der Waals surface area (Å²) in [5.41, 5.74) is 2.23. The van der Waals surface area contributed by atoms with E-state index < -0.39 is 17.9 Å². The van der Waals surface area contributed by atoms with Gasteiger partial charge in [-0.1, -0.05) is 17.7 Å². The van der Waals surface area contributed by atoms with E-state index in [1.165, 1.54) is 4.90 Å². The standard InChI is InChI=1S/C24H24N2O4/c1-14-5-9-16(10-6-14)26-23(28)19-18-4-3-13-25(18)21(20(19)24(26)29)22(27)15-7-11-17(30-2)12-8-15/h5-12,18-21H,3-4,13H2,1-2H3/p+1/t18-,19-,20-,21+/m1/s1. The van der Waals surface area contributed by atoms with E-state index in [2.05, 4.69) is 0 Å². The molecule has 2 aromatic rings. The molecule has 0 spiro atoms. The third kappa shape index (κ3) is 2.70. The highest BCUT2D eigenvalue weighted by atomic mass is 16.5. The molecule has 5 atom stereocenters. The van der Waals surface area contributed by atoms with Crippen LogP contribution >= 0.6 is 0 Å². The van der Waals surface area contributed by atoms with Crippen molar-refractivity contribution in [2.75, 3.05) is 18.6 Å². The lowest BCUT2D eigenvalue weighted by molar-refractivity contribution is -0.915. The molecule has 30 heavy (non-hydrogen) atoms. The fourth-order valence-electron chi connectivity index (χ4n) is 5.62. The number of quaternary nitrogens is 1. The van der Waals surface area contributed by atoms with E-state index in [-0.39, 0.29) is 23.6 Å². The van der Waals surface area contributed by atoms with Gasteiger partial charge in [0.15, 0.2) is 6.04 Å². The first-order valence-corrected chi connectivity index (χ1v) is 10.5. The summed E-state index contributed by atoms with van der Waals surface area (Å²) in [4.78, 5) is 42.8.